The summed E-state index contributed by atoms with van der Waals surface area (Å²) >= 11 is 0. The predicted octanol–water partition coefficient (Wildman–Crippen LogP) is 0.115. The molecule has 1 aliphatic heterocycles. The SMILES string of the molecule is COC(=O)c1cc2n(n1)CCN(C)C2. The smallest absolute Gasteiger partial charge is 0.358 e. The van der Waals surface area contributed by atoms with Gasteiger partial charge >= 0.3 is 5.97 Å². The number of likely N-dealkylation sites (N-methyl/N-ethyl adjacent to an activating group) is 1. The van der Waals surface area contributed by atoms with Gasteiger partial charge in [0.1, 0.15) is 0 Å². The van der Waals surface area contributed by atoms with E-state index in [0.29, 0.717) is 5.69 Å². The quantitative estimate of drug-likeness (QED) is 0.597. The van der Waals surface area contributed by atoms with Crippen LogP contribution in [0.15, 0.2) is 6.07 Å². The van der Waals surface area contributed by atoms with Crippen LogP contribution in [0.2, 0.25) is 0 Å². The number of hydrogen-bond acceptors (Lipinski definition) is 4. The molecule has 0 N–H and O–H groups in total. The number of fused-ring (bicyclic) bond motifs is 1. The maximum atomic E-state index is 11.2. The Morgan fingerprint density at radius 3 is 3.07 bits per heavy atom. The van der Waals surface area contributed by atoms with Gasteiger partial charge in [-0.3, -0.25) is 9.58 Å². The monoisotopic (exact) mass is 195 g/mol. The standard InChI is InChI=1S/C9H13N3O2/c1-11-3-4-12-7(6-11)5-8(10-12)9(13)14-2/h5H,3-4,6H2,1-2H3. The van der Waals surface area contributed by atoms with Gasteiger partial charge in [0.25, 0.3) is 0 Å². The molecule has 0 saturated carbocycles. The van der Waals surface area contributed by atoms with Crippen LogP contribution in [0.4, 0.5) is 0 Å². The minimum atomic E-state index is -0.366. The fourth-order valence-electron chi connectivity index (χ4n) is 1.60. The average Bonchev–Trinajstić information content (AvgIpc) is 2.59. The third-order valence-electron chi connectivity index (χ3n) is 2.38. The zero-order valence-electron chi connectivity index (χ0n) is 8.36. The number of hydrogen-bond donors (Lipinski definition) is 0. The van der Waals surface area contributed by atoms with Gasteiger partial charge in [-0.15, -0.1) is 0 Å². The lowest BCUT2D eigenvalue weighted by Gasteiger charge is -2.22. The van der Waals surface area contributed by atoms with E-state index in [-0.39, 0.29) is 5.97 Å². The van der Waals surface area contributed by atoms with Crippen LogP contribution in [0.3, 0.4) is 0 Å². The molecule has 0 aromatic carbocycles. The molecular weight excluding hydrogens is 182 g/mol. The summed E-state index contributed by atoms with van der Waals surface area (Å²) in [6, 6.07) is 1.79. The molecular formula is C9H13N3O2. The van der Waals surface area contributed by atoms with E-state index in [1.165, 1.54) is 7.11 Å². The lowest BCUT2D eigenvalue weighted by molar-refractivity contribution is 0.0593. The highest BCUT2D eigenvalue weighted by Gasteiger charge is 2.18. The number of nitrogens with zero attached hydrogens (tertiary/aromatic N) is 3. The summed E-state index contributed by atoms with van der Waals surface area (Å²) in [5.74, 6) is -0.366. The van der Waals surface area contributed by atoms with Crippen LogP contribution in [-0.4, -0.2) is 41.4 Å². The zero-order valence-corrected chi connectivity index (χ0v) is 8.36. The molecule has 0 fully saturated rings. The molecule has 5 nitrogen and oxygen atoms in total. The van der Waals surface area contributed by atoms with Gasteiger partial charge in [-0.25, -0.2) is 4.79 Å². The Morgan fingerprint density at radius 2 is 2.36 bits per heavy atom. The van der Waals surface area contributed by atoms with Crippen LogP contribution in [0.1, 0.15) is 16.2 Å². The zero-order chi connectivity index (χ0) is 10.1. The van der Waals surface area contributed by atoms with Gasteiger partial charge in [-0.05, 0) is 13.1 Å². The van der Waals surface area contributed by atoms with Gasteiger partial charge in [-0.2, -0.15) is 5.10 Å². The molecule has 0 amide bonds. The number of aromatic nitrogens is 2. The second kappa shape index (κ2) is 3.42. The summed E-state index contributed by atoms with van der Waals surface area (Å²) in [6.07, 6.45) is 0. The summed E-state index contributed by atoms with van der Waals surface area (Å²) in [7, 11) is 3.42. The fraction of sp³-hybridized carbons (Fsp3) is 0.556. The first-order valence-corrected chi connectivity index (χ1v) is 4.54. The fourth-order valence-corrected chi connectivity index (χ4v) is 1.60. The number of carbonyl (C=O) groups excluding carboxylic acids is 1. The Hall–Kier alpha value is -1.36. The van der Waals surface area contributed by atoms with Gasteiger partial charge in [0, 0.05) is 13.1 Å². The highest BCUT2D eigenvalue weighted by molar-refractivity contribution is 5.87. The Morgan fingerprint density at radius 1 is 1.57 bits per heavy atom. The first-order valence-electron chi connectivity index (χ1n) is 4.54. The topological polar surface area (TPSA) is 47.4 Å². The van der Waals surface area contributed by atoms with Crippen LogP contribution in [0, 0.1) is 0 Å². The van der Waals surface area contributed by atoms with Gasteiger partial charge in [0.15, 0.2) is 5.69 Å². The van der Waals surface area contributed by atoms with Crippen LogP contribution < -0.4 is 0 Å². The third kappa shape index (κ3) is 1.50. The van der Waals surface area contributed by atoms with Crippen molar-refractivity contribution in [3.8, 4) is 0 Å². The summed E-state index contributed by atoms with van der Waals surface area (Å²) < 4.78 is 6.48. The summed E-state index contributed by atoms with van der Waals surface area (Å²) in [6.45, 7) is 2.64. The minimum absolute atomic E-state index is 0.366. The van der Waals surface area contributed by atoms with E-state index in [1.807, 2.05) is 11.7 Å². The molecule has 0 atom stereocenters. The first-order chi connectivity index (χ1) is 6.70. The molecule has 2 heterocycles. The van der Waals surface area contributed by atoms with Crippen LogP contribution >= 0.6 is 0 Å². The maximum Gasteiger partial charge on any atom is 0.358 e. The van der Waals surface area contributed by atoms with Crippen molar-refractivity contribution in [2.75, 3.05) is 20.7 Å². The molecule has 2 rings (SSSR count). The molecule has 0 aliphatic carbocycles. The lowest BCUT2D eigenvalue weighted by Crippen LogP contribution is -2.30. The Kier molecular flexibility index (Phi) is 2.25. The van der Waals surface area contributed by atoms with E-state index < -0.39 is 0 Å². The Balaban J connectivity index is 2.27. The van der Waals surface area contributed by atoms with Crippen molar-refractivity contribution in [1.82, 2.24) is 14.7 Å². The number of rotatable bonds is 1. The van der Waals surface area contributed by atoms with E-state index in [0.717, 1.165) is 25.3 Å². The molecule has 1 aromatic heterocycles. The Labute approximate surface area is 82.3 Å². The summed E-state index contributed by atoms with van der Waals surface area (Å²) in [5.41, 5.74) is 1.47. The molecule has 1 aliphatic rings. The average molecular weight is 195 g/mol. The highest BCUT2D eigenvalue weighted by atomic mass is 16.5. The normalized spacial score (nSPS) is 16.4. The number of esters is 1. The molecule has 0 unspecified atom stereocenters. The predicted molar refractivity (Wildman–Crippen MR) is 49.9 cm³/mol. The van der Waals surface area contributed by atoms with Gasteiger partial charge in [0.2, 0.25) is 0 Å². The van der Waals surface area contributed by atoms with E-state index in [9.17, 15) is 4.79 Å². The third-order valence-corrected chi connectivity index (χ3v) is 2.38. The molecule has 0 saturated heterocycles. The molecule has 1 aromatic rings. The van der Waals surface area contributed by atoms with Crippen LogP contribution in [-0.2, 0) is 17.8 Å². The van der Waals surface area contributed by atoms with E-state index in [4.69, 9.17) is 0 Å². The van der Waals surface area contributed by atoms with E-state index in [2.05, 4.69) is 14.7 Å². The number of ether oxygens (including phenoxy) is 1. The van der Waals surface area contributed by atoms with Gasteiger partial charge in [0.05, 0.1) is 19.3 Å². The molecule has 14 heavy (non-hydrogen) atoms. The van der Waals surface area contributed by atoms with Gasteiger partial charge in [-0.1, -0.05) is 0 Å². The van der Waals surface area contributed by atoms with Crippen molar-refractivity contribution in [2.45, 2.75) is 13.1 Å². The van der Waals surface area contributed by atoms with Crippen molar-refractivity contribution < 1.29 is 9.53 Å². The minimum Gasteiger partial charge on any atom is -0.464 e. The van der Waals surface area contributed by atoms with Crippen molar-refractivity contribution in [2.24, 2.45) is 0 Å². The van der Waals surface area contributed by atoms with Crippen molar-refractivity contribution in [3.05, 3.63) is 17.5 Å². The number of carbonyl (C=O) groups is 1. The molecule has 76 valence electrons. The van der Waals surface area contributed by atoms with E-state index >= 15 is 0 Å². The Bertz CT molecular complexity index is 359. The van der Waals surface area contributed by atoms with Crippen molar-refractivity contribution in [3.63, 3.8) is 0 Å². The van der Waals surface area contributed by atoms with E-state index in [1.54, 1.807) is 6.07 Å². The molecule has 5 heteroatoms. The molecule has 0 radical (unpaired) electrons. The second-order valence-corrected chi connectivity index (χ2v) is 3.47. The molecule has 0 spiro atoms. The number of methoxy groups -OCH3 is 1. The second-order valence-electron chi connectivity index (χ2n) is 3.47. The summed E-state index contributed by atoms with van der Waals surface area (Å²) in [4.78, 5) is 13.4. The maximum absolute atomic E-state index is 11.2. The van der Waals surface area contributed by atoms with Crippen LogP contribution in [0.25, 0.3) is 0 Å². The van der Waals surface area contributed by atoms with Crippen molar-refractivity contribution >= 4 is 5.97 Å². The molecule has 0 bridgehead atoms. The van der Waals surface area contributed by atoms with Crippen molar-refractivity contribution in [1.29, 1.82) is 0 Å². The lowest BCUT2D eigenvalue weighted by atomic mass is 10.3. The summed E-state index contributed by atoms with van der Waals surface area (Å²) in [5, 5.41) is 4.17. The largest absolute Gasteiger partial charge is 0.464 e. The first kappa shape index (κ1) is 9.21. The highest BCUT2D eigenvalue weighted by Crippen LogP contribution is 2.12. The van der Waals surface area contributed by atoms with Gasteiger partial charge < -0.3 is 4.74 Å². The van der Waals surface area contributed by atoms with Crippen LogP contribution in [0.5, 0.6) is 0 Å².